The van der Waals surface area contributed by atoms with E-state index < -0.39 is 11.8 Å². The van der Waals surface area contributed by atoms with Crippen molar-refractivity contribution < 1.29 is 19.1 Å². The van der Waals surface area contributed by atoms with Gasteiger partial charge in [0.05, 0.1) is 14.2 Å². The van der Waals surface area contributed by atoms with Gasteiger partial charge in [-0.15, -0.1) is 0 Å². The zero-order chi connectivity index (χ0) is 18.3. The van der Waals surface area contributed by atoms with Crippen molar-refractivity contribution in [2.45, 2.75) is 44.1 Å². The molecule has 0 radical (unpaired) electrons. The molecule has 0 aliphatic heterocycles. The number of rotatable bonds is 4. The van der Waals surface area contributed by atoms with E-state index in [1.807, 2.05) is 0 Å². The first kappa shape index (κ1) is 17.2. The highest BCUT2D eigenvalue weighted by atomic mass is 16.5. The molecule has 6 heteroatoms. The third kappa shape index (κ3) is 3.13. The molecule has 5 rings (SSSR count). The quantitative estimate of drug-likeness (QED) is 0.812. The van der Waals surface area contributed by atoms with Crippen LogP contribution in [0.15, 0.2) is 18.2 Å². The minimum atomic E-state index is -0.632. The number of nitrogens with one attached hydrogen (secondary N) is 2. The molecule has 0 aromatic heterocycles. The minimum Gasteiger partial charge on any atom is -0.493 e. The molecule has 2 N–H and O–H groups in total. The molecule has 4 aliphatic carbocycles. The Morgan fingerprint density at radius 1 is 0.923 bits per heavy atom. The highest BCUT2D eigenvalue weighted by molar-refractivity contribution is 6.39. The summed E-state index contributed by atoms with van der Waals surface area (Å²) in [7, 11) is 3.08. The van der Waals surface area contributed by atoms with Crippen LogP contribution in [0.1, 0.15) is 38.5 Å². The number of carbonyl (C=O) groups is 2. The van der Waals surface area contributed by atoms with Crippen molar-refractivity contribution in [2.24, 2.45) is 17.8 Å². The summed E-state index contributed by atoms with van der Waals surface area (Å²) in [4.78, 5) is 24.9. The normalized spacial score (nSPS) is 31.4. The standard InChI is InChI=1S/C20H26N2O4/c1-25-16-4-3-15(8-17(16)26-2)21-18(23)19(24)22-20-9-12-5-13(10-20)7-14(6-12)11-20/h3-4,8,12-14H,5-7,9-11H2,1-2H3,(H,21,23)(H,22,24). The number of hydrogen-bond donors (Lipinski definition) is 2. The number of anilines is 1. The van der Waals surface area contributed by atoms with E-state index in [0.717, 1.165) is 37.0 Å². The predicted octanol–water partition coefficient (Wildman–Crippen LogP) is 2.73. The highest BCUT2D eigenvalue weighted by Crippen LogP contribution is 2.55. The van der Waals surface area contributed by atoms with E-state index in [1.54, 1.807) is 25.3 Å². The molecule has 1 aromatic rings. The van der Waals surface area contributed by atoms with Gasteiger partial charge in [-0.2, -0.15) is 0 Å². The molecule has 26 heavy (non-hydrogen) atoms. The van der Waals surface area contributed by atoms with Crippen LogP contribution in [0.2, 0.25) is 0 Å². The van der Waals surface area contributed by atoms with Gasteiger partial charge in [-0.1, -0.05) is 0 Å². The number of methoxy groups -OCH3 is 2. The molecular formula is C20H26N2O4. The smallest absolute Gasteiger partial charge is 0.313 e. The second-order valence-corrected chi connectivity index (χ2v) is 8.18. The molecule has 140 valence electrons. The zero-order valence-corrected chi connectivity index (χ0v) is 15.3. The molecule has 4 saturated carbocycles. The van der Waals surface area contributed by atoms with E-state index in [-0.39, 0.29) is 5.54 Å². The maximum Gasteiger partial charge on any atom is 0.313 e. The van der Waals surface area contributed by atoms with Gasteiger partial charge in [0.15, 0.2) is 11.5 Å². The second-order valence-electron chi connectivity index (χ2n) is 8.18. The average Bonchev–Trinajstić information content (AvgIpc) is 2.59. The van der Waals surface area contributed by atoms with Gasteiger partial charge in [-0.3, -0.25) is 9.59 Å². The van der Waals surface area contributed by atoms with E-state index in [1.165, 1.54) is 26.4 Å². The fourth-order valence-electron chi connectivity index (χ4n) is 5.66. The Morgan fingerprint density at radius 2 is 1.50 bits per heavy atom. The summed E-state index contributed by atoms with van der Waals surface area (Å²) in [6, 6.07) is 5.04. The monoisotopic (exact) mass is 358 g/mol. The van der Waals surface area contributed by atoms with Crippen LogP contribution in [0.4, 0.5) is 5.69 Å². The number of carbonyl (C=O) groups excluding carboxylic acids is 2. The largest absolute Gasteiger partial charge is 0.493 e. The van der Waals surface area contributed by atoms with Crippen LogP contribution in [-0.4, -0.2) is 31.6 Å². The number of benzene rings is 1. The third-order valence-electron chi connectivity index (χ3n) is 6.26. The number of hydrogen-bond acceptors (Lipinski definition) is 4. The van der Waals surface area contributed by atoms with Crippen LogP contribution < -0.4 is 20.1 Å². The lowest BCUT2D eigenvalue weighted by molar-refractivity contribution is -0.139. The van der Waals surface area contributed by atoms with Crippen LogP contribution in [-0.2, 0) is 9.59 Å². The summed E-state index contributed by atoms with van der Waals surface area (Å²) in [5.41, 5.74) is 0.342. The Bertz CT molecular complexity index is 695. The van der Waals surface area contributed by atoms with Crippen LogP contribution in [0.5, 0.6) is 11.5 Å². The zero-order valence-electron chi connectivity index (χ0n) is 15.3. The first-order valence-corrected chi connectivity index (χ1v) is 9.36. The van der Waals surface area contributed by atoms with Gasteiger partial charge >= 0.3 is 11.8 Å². The molecule has 1 aromatic carbocycles. The van der Waals surface area contributed by atoms with Gasteiger partial charge in [0.2, 0.25) is 0 Å². The van der Waals surface area contributed by atoms with Crippen molar-refractivity contribution in [3.05, 3.63) is 18.2 Å². The lowest BCUT2D eigenvalue weighted by atomic mass is 9.53. The summed E-state index contributed by atoms with van der Waals surface area (Å²) in [6.07, 6.45) is 6.96. The van der Waals surface area contributed by atoms with Gasteiger partial charge in [0.1, 0.15) is 0 Å². The lowest BCUT2D eigenvalue weighted by Crippen LogP contribution is -2.61. The van der Waals surface area contributed by atoms with E-state index in [9.17, 15) is 9.59 Å². The Morgan fingerprint density at radius 3 is 2.04 bits per heavy atom. The molecule has 0 heterocycles. The maximum absolute atomic E-state index is 12.5. The molecule has 0 spiro atoms. The third-order valence-corrected chi connectivity index (χ3v) is 6.26. The molecule has 0 saturated heterocycles. The fourth-order valence-corrected chi connectivity index (χ4v) is 5.66. The molecular weight excluding hydrogens is 332 g/mol. The van der Waals surface area contributed by atoms with Crippen LogP contribution in [0.25, 0.3) is 0 Å². The number of amides is 2. The average molecular weight is 358 g/mol. The Balaban J connectivity index is 1.42. The van der Waals surface area contributed by atoms with Crippen LogP contribution >= 0.6 is 0 Å². The van der Waals surface area contributed by atoms with Gasteiger partial charge < -0.3 is 20.1 Å². The van der Waals surface area contributed by atoms with Crippen molar-refractivity contribution >= 4 is 17.5 Å². The van der Waals surface area contributed by atoms with Crippen molar-refractivity contribution in [2.75, 3.05) is 19.5 Å². The van der Waals surface area contributed by atoms with Crippen molar-refractivity contribution in [3.8, 4) is 11.5 Å². The van der Waals surface area contributed by atoms with E-state index in [4.69, 9.17) is 9.47 Å². The predicted molar refractivity (Wildman–Crippen MR) is 97.2 cm³/mol. The summed E-state index contributed by atoms with van der Waals surface area (Å²) in [5, 5.41) is 5.75. The van der Waals surface area contributed by atoms with E-state index >= 15 is 0 Å². The van der Waals surface area contributed by atoms with Gasteiger partial charge in [-0.25, -0.2) is 0 Å². The molecule has 0 unspecified atom stereocenters. The number of ether oxygens (including phenoxy) is 2. The first-order valence-electron chi connectivity index (χ1n) is 9.36. The Labute approximate surface area is 153 Å². The lowest BCUT2D eigenvalue weighted by Gasteiger charge is -2.56. The molecule has 0 atom stereocenters. The molecule has 4 fully saturated rings. The Kier molecular flexibility index (Phi) is 4.29. The Hall–Kier alpha value is -2.24. The topological polar surface area (TPSA) is 76.7 Å². The van der Waals surface area contributed by atoms with Gasteiger partial charge in [0.25, 0.3) is 0 Å². The summed E-state index contributed by atoms with van der Waals surface area (Å²) < 4.78 is 10.4. The second kappa shape index (κ2) is 6.49. The SMILES string of the molecule is COc1ccc(NC(=O)C(=O)NC23CC4CC(CC(C4)C2)C3)cc1OC. The summed E-state index contributed by atoms with van der Waals surface area (Å²) >= 11 is 0. The first-order chi connectivity index (χ1) is 12.5. The van der Waals surface area contributed by atoms with Gasteiger partial charge in [-0.05, 0) is 68.4 Å². The van der Waals surface area contributed by atoms with Crippen LogP contribution in [0.3, 0.4) is 0 Å². The molecule has 4 aliphatic rings. The van der Waals surface area contributed by atoms with E-state index in [2.05, 4.69) is 10.6 Å². The maximum atomic E-state index is 12.5. The fraction of sp³-hybridized carbons (Fsp3) is 0.600. The molecule has 6 nitrogen and oxygen atoms in total. The van der Waals surface area contributed by atoms with Gasteiger partial charge in [0, 0.05) is 17.3 Å². The summed E-state index contributed by atoms with van der Waals surface area (Å²) in [6.45, 7) is 0. The van der Waals surface area contributed by atoms with E-state index in [0.29, 0.717) is 17.2 Å². The highest BCUT2D eigenvalue weighted by Gasteiger charge is 2.51. The van der Waals surface area contributed by atoms with Crippen molar-refractivity contribution in [3.63, 3.8) is 0 Å². The molecule has 2 amide bonds. The van der Waals surface area contributed by atoms with Crippen LogP contribution in [0, 0.1) is 17.8 Å². The minimum absolute atomic E-state index is 0.166. The summed E-state index contributed by atoms with van der Waals surface area (Å²) in [5.74, 6) is 2.06. The molecule has 4 bridgehead atoms. The van der Waals surface area contributed by atoms with Crippen molar-refractivity contribution in [1.82, 2.24) is 5.32 Å². The van der Waals surface area contributed by atoms with Crippen molar-refractivity contribution in [1.29, 1.82) is 0 Å².